The lowest BCUT2D eigenvalue weighted by molar-refractivity contribution is 0.109. The second-order valence-corrected chi connectivity index (χ2v) is 12.0. The number of rotatable bonds is 13. The summed E-state index contributed by atoms with van der Waals surface area (Å²) in [5.41, 5.74) is 8.69. The van der Waals surface area contributed by atoms with Crippen LogP contribution >= 0.6 is 45.2 Å². The zero-order valence-corrected chi connectivity index (χ0v) is 26.7. The van der Waals surface area contributed by atoms with Crippen LogP contribution in [0.4, 0.5) is 0 Å². The third-order valence-corrected chi connectivity index (χ3v) is 8.61. The average Bonchev–Trinajstić information content (AvgIpc) is 2.97. The fraction of sp³-hybridized carbons (Fsp3) is 0.257. The van der Waals surface area contributed by atoms with Crippen molar-refractivity contribution in [3.05, 3.63) is 119 Å². The Kier molecular flexibility index (Phi) is 11.3. The molecule has 2 nitrogen and oxygen atoms in total. The summed E-state index contributed by atoms with van der Waals surface area (Å²) >= 11 is 3.66. The van der Waals surface area contributed by atoms with E-state index in [2.05, 4.69) is 55.5 Å². The Morgan fingerprint density at radius 2 is 0.846 bits per heavy atom. The van der Waals surface area contributed by atoms with Crippen LogP contribution in [0, 0.1) is 0 Å². The van der Waals surface area contributed by atoms with Gasteiger partial charge in [-0.1, -0.05) is 118 Å². The molecule has 0 aliphatic carbocycles. The van der Waals surface area contributed by atoms with Gasteiger partial charge in [0.2, 0.25) is 7.58 Å². The van der Waals surface area contributed by atoms with Crippen molar-refractivity contribution in [3.63, 3.8) is 0 Å². The van der Waals surface area contributed by atoms with E-state index in [0.717, 1.165) is 39.8 Å². The van der Waals surface area contributed by atoms with Gasteiger partial charge in [0.1, 0.15) is 0 Å². The van der Waals surface area contributed by atoms with Crippen LogP contribution in [-0.2, 0) is 0 Å². The second kappa shape index (κ2) is 14.9. The van der Waals surface area contributed by atoms with Crippen LogP contribution < -0.4 is 0 Å². The van der Waals surface area contributed by atoms with Crippen LogP contribution in [0.3, 0.4) is 0 Å². The van der Waals surface area contributed by atoms with Gasteiger partial charge in [0, 0.05) is 62.2 Å². The molecule has 0 saturated heterocycles. The summed E-state index contributed by atoms with van der Waals surface area (Å²) < 4.78 is 0.122. The fourth-order valence-electron chi connectivity index (χ4n) is 5.06. The van der Waals surface area contributed by atoms with Crippen LogP contribution in [0.5, 0.6) is 0 Å². The highest BCUT2D eigenvalue weighted by molar-refractivity contribution is 14.1. The molecule has 0 spiro atoms. The minimum Gasteiger partial charge on any atom is -0.282 e. The van der Waals surface area contributed by atoms with Gasteiger partial charge in [-0.15, -0.1) is 0 Å². The average molecular weight is 740 g/mol. The number of benzene rings is 4. The minimum absolute atomic E-state index is 0.0609. The highest BCUT2D eigenvalue weighted by atomic mass is 127. The van der Waals surface area contributed by atoms with E-state index in [1.807, 2.05) is 93.7 Å². The summed E-state index contributed by atoms with van der Waals surface area (Å²) in [5, 5.41) is 0. The zero-order valence-electron chi connectivity index (χ0n) is 22.3. The Labute approximate surface area is 259 Å². The zero-order chi connectivity index (χ0) is 27.6. The second-order valence-electron chi connectivity index (χ2n) is 10.1. The molecule has 39 heavy (non-hydrogen) atoms. The first-order chi connectivity index (χ1) is 19.0. The molecule has 0 atom stereocenters. The van der Waals surface area contributed by atoms with E-state index in [9.17, 15) is 9.59 Å². The molecule has 0 saturated carbocycles. The molecule has 4 aromatic rings. The molecular formula is C35H34I2O2. The van der Waals surface area contributed by atoms with Gasteiger partial charge in [-0.3, -0.25) is 9.59 Å². The van der Waals surface area contributed by atoms with Gasteiger partial charge >= 0.3 is 0 Å². The first-order valence-corrected chi connectivity index (χ1v) is 15.9. The third-order valence-electron chi connectivity index (χ3n) is 7.36. The Morgan fingerprint density at radius 3 is 1.21 bits per heavy atom. The Hall–Kier alpha value is -2.32. The van der Waals surface area contributed by atoms with Gasteiger partial charge in [0.05, 0.1) is 0 Å². The normalized spacial score (nSPS) is 11.1. The topological polar surface area (TPSA) is 34.1 Å². The van der Waals surface area contributed by atoms with Crippen molar-refractivity contribution in [2.75, 3.05) is 0 Å². The molecule has 4 heteroatoms. The Morgan fingerprint density at radius 1 is 0.513 bits per heavy atom. The monoisotopic (exact) mass is 740 g/mol. The first kappa shape index (κ1) is 29.7. The predicted octanol–water partition coefficient (Wildman–Crippen LogP) is 11.1. The number of hydrogen-bond acceptors (Lipinski definition) is 2. The molecule has 0 unspecified atom stereocenters. The summed E-state index contributed by atoms with van der Waals surface area (Å²) in [6, 6.07) is 33.6. The van der Waals surface area contributed by atoms with Gasteiger partial charge < -0.3 is 0 Å². The predicted molar refractivity (Wildman–Crippen MR) is 180 cm³/mol. The van der Waals surface area contributed by atoms with Crippen molar-refractivity contribution in [1.29, 1.82) is 0 Å². The highest BCUT2D eigenvalue weighted by Crippen LogP contribution is 2.33. The largest absolute Gasteiger partial charge is 0.282 e. The van der Waals surface area contributed by atoms with E-state index in [4.69, 9.17) is 0 Å². The lowest BCUT2D eigenvalue weighted by Gasteiger charge is -2.19. The summed E-state index contributed by atoms with van der Waals surface area (Å²) in [7, 11) is 0. The molecule has 0 bridgehead atoms. The summed E-state index contributed by atoms with van der Waals surface area (Å²) in [5.74, 6) is 0.345. The molecular weight excluding hydrogens is 706 g/mol. The van der Waals surface area contributed by atoms with Crippen molar-refractivity contribution < 1.29 is 9.59 Å². The van der Waals surface area contributed by atoms with Crippen LogP contribution in [0.2, 0.25) is 0 Å². The molecule has 4 aromatic carbocycles. The van der Waals surface area contributed by atoms with Gasteiger partial charge in [0.15, 0.2) is 0 Å². The van der Waals surface area contributed by atoms with Crippen molar-refractivity contribution >= 4 is 52.8 Å². The molecule has 200 valence electrons. The van der Waals surface area contributed by atoms with Gasteiger partial charge in [-0.2, -0.15) is 0 Å². The molecule has 0 heterocycles. The van der Waals surface area contributed by atoms with Gasteiger partial charge in [-0.25, -0.2) is 0 Å². The van der Waals surface area contributed by atoms with Gasteiger partial charge in [-0.05, 0) is 64.1 Å². The number of carbonyl (C=O) groups excluding carboxylic acids is 2. The minimum atomic E-state index is 0.0609. The lowest BCUT2D eigenvalue weighted by atomic mass is 9.85. The number of unbranched alkanes of at least 4 members (excludes halogenated alkanes) is 5. The first-order valence-electron chi connectivity index (χ1n) is 13.8. The van der Waals surface area contributed by atoms with Crippen molar-refractivity contribution in [3.8, 4) is 22.3 Å². The molecule has 0 aliphatic rings. The van der Waals surface area contributed by atoms with Crippen LogP contribution in [0.1, 0.15) is 89.6 Å². The standard InChI is InChI=1S/C35H34I2O2/c1-2-3-4-5-6-7-8-33(29-17-9-25(10-18-29)27-13-21-31(22-14-27)34(36)38)30-19-11-26(12-20-30)28-15-23-32(24-16-28)35(37)39/h9-24,33H,2-8H2,1H3. The molecule has 4 rings (SSSR count). The van der Waals surface area contributed by atoms with Crippen LogP contribution in [0.25, 0.3) is 22.3 Å². The van der Waals surface area contributed by atoms with Crippen LogP contribution in [0.15, 0.2) is 97.1 Å². The maximum Gasteiger partial charge on any atom is 0.222 e. The summed E-state index contributed by atoms with van der Waals surface area (Å²) in [6.45, 7) is 2.26. The third kappa shape index (κ3) is 8.34. The van der Waals surface area contributed by atoms with Crippen molar-refractivity contribution in [1.82, 2.24) is 0 Å². The maximum absolute atomic E-state index is 11.6. The number of carbonyl (C=O) groups is 2. The van der Waals surface area contributed by atoms with Crippen LogP contribution in [-0.4, -0.2) is 7.58 Å². The number of halogens is 2. The van der Waals surface area contributed by atoms with E-state index in [1.54, 1.807) is 0 Å². The van der Waals surface area contributed by atoms with E-state index in [0.29, 0.717) is 5.92 Å². The number of hydrogen-bond donors (Lipinski definition) is 0. The molecule has 0 N–H and O–H groups in total. The smallest absolute Gasteiger partial charge is 0.222 e. The van der Waals surface area contributed by atoms with E-state index in [1.165, 1.54) is 49.7 Å². The van der Waals surface area contributed by atoms with E-state index >= 15 is 0 Å². The summed E-state index contributed by atoms with van der Waals surface area (Å²) in [6.07, 6.45) is 8.86. The van der Waals surface area contributed by atoms with E-state index < -0.39 is 0 Å². The maximum atomic E-state index is 11.6. The van der Waals surface area contributed by atoms with E-state index in [-0.39, 0.29) is 7.58 Å². The Balaban J connectivity index is 1.54. The van der Waals surface area contributed by atoms with Gasteiger partial charge in [0.25, 0.3) is 0 Å². The summed E-state index contributed by atoms with van der Waals surface area (Å²) in [4.78, 5) is 23.2. The Bertz CT molecular complexity index is 1260. The fourth-order valence-corrected chi connectivity index (χ4v) is 5.78. The lowest BCUT2D eigenvalue weighted by Crippen LogP contribution is -2.02. The molecule has 0 radical (unpaired) electrons. The molecule has 0 amide bonds. The quantitative estimate of drug-likeness (QED) is 0.0777. The van der Waals surface area contributed by atoms with Crippen molar-refractivity contribution in [2.45, 2.75) is 57.8 Å². The molecule has 0 fully saturated rings. The highest BCUT2D eigenvalue weighted by Gasteiger charge is 2.15. The molecule has 0 aliphatic heterocycles. The molecule has 0 aromatic heterocycles. The van der Waals surface area contributed by atoms with Crippen molar-refractivity contribution in [2.24, 2.45) is 0 Å². The SMILES string of the molecule is CCCCCCCCC(c1ccc(-c2ccc(C(=O)I)cc2)cc1)c1ccc(-c2ccc(C(=O)I)cc2)cc1.